The molecule has 1 aromatic heterocycles. The minimum atomic E-state index is -0.451. The van der Waals surface area contributed by atoms with Crippen LogP contribution in [0.1, 0.15) is 37.5 Å². The van der Waals surface area contributed by atoms with Crippen molar-refractivity contribution in [2.75, 3.05) is 26.2 Å². The molecule has 1 saturated heterocycles. The lowest BCUT2D eigenvalue weighted by molar-refractivity contribution is -0.402. The highest BCUT2D eigenvalue weighted by Gasteiger charge is 2.34. The number of nitrogens with zero attached hydrogens (tertiary/aromatic N) is 2. The normalized spacial score (nSPS) is 23.0. The maximum Gasteiger partial charge on any atom is 0.433 e. The van der Waals surface area contributed by atoms with E-state index in [0.717, 1.165) is 31.9 Å². The van der Waals surface area contributed by atoms with E-state index < -0.39 is 4.92 Å². The van der Waals surface area contributed by atoms with E-state index in [0.29, 0.717) is 5.92 Å². The number of nitro groups is 1. The second-order valence-electron chi connectivity index (χ2n) is 5.71. The molecule has 0 spiro atoms. The predicted molar refractivity (Wildman–Crippen MR) is 74.5 cm³/mol. The molecule has 1 aliphatic carbocycles. The molecule has 0 amide bonds. The molecule has 3 rings (SSSR count). The fourth-order valence-electron chi connectivity index (χ4n) is 3.54. The molecular weight excluding hydrogens is 258 g/mol. The number of hydrogen-bond donors (Lipinski definition) is 1. The van der Waals surface area contributed by atoms with Gasteiger partial charge in [0.1, 0.15) is 10.7 Å². The Morgan fingerprint density at radius 2 is 2.00 bits per heavy atom. The van der Waals surface area contributed by atoms with Crippen LogP contribution in [0.4, 0.5) is 5.88 Å². The summed E-state index contributed by atoms with van der Waals surface area (Å²) in [4.78, 5) is 12.8. The zero-order valence-electron chi connectivity index (χ0n) is 11.6. The molecule has 1 N–H and O–H groups in total. The van der Waals surface area contributed by atoms with Crippen LogP contribution in [0.25, 0.3) is 0 Å². The fraction of sp³-hybridized carbons (Fsp3) is 0.714. The number of furan rings is 1. The van der Waals surface area contributed by atoms with E-state index in [-0.39, 0.29) is 11.9 Å². The third-order valence-corrected chi connectivity index (χ3v) is 4.48. The molecule has 1 atom stereocenters. The Hall–Kier alpha value is -1.40. The van der Waals surface area contributed by atoms with Gasteiger partial charge in [-0.2, -0.15) is 0 Å². The highest BCUT2D eigenvalue weighted by molar-refractivity contribution is 5.21. The minimum Gasteiger partial charge on any atom is -0.404 e. The van der Waals surface area contributed by atoms with Gasteiger partial charge in [0.25, 0.3) is 0 Å². The first-order chi connectivity index (χ1) is 9.75. The van der Waals surface area contributed by atoms with Crippen molar-refractivity contribution in [2.45, 2.75) is 31.7 Å². The van der Waals surface area contributed by atoms with Gasteiger partial charge in [-0.25, -0.2) is 0 Å². The molecule has 6 heteroatoms. The van der Waals surface area contributed by atoms with Crippen LogP contribution < -0.4 is 5.32 Å². The Balaban J connectivity index is 1.84. The Labute approximate surface area is 118 Å². The van der Waals surface area contributed by atoms with Crippen molar-refractivity contribution in [3.63, 3.8) is 0 Å². The average molecular weight is 279 g/mol. The monoisotopic (exact) mass is 279 g/mol. The van der Waals surface area contributed by atoms with Crippen LogP contribution in [0.5, 0.6) is 0 Å². The van der Waals surface area contributed by atoms with Crippen LogP contribution in [0.3, 0.4) is 0 Å². The van der Waals surface area contributed by atoms with Crippen molar-refractivity contribution in [1.29, 1.82) is 0 Å². The van der Waals surface area contributed by atoms with Gasteiger partial charge < -0.3 is 9.73 Å². The first kappa shape index (κ1) is 13.6. The molecule has 1 saturated carbocycles. The third kappa shape index (κ3) is 2.71. The Bertz CT molecular complexity index is 462. The van der Waals surface area contributed by atoms with E-state index >= 15 is 0 Å². The summed E-state index contributed by atoms with van der Waals surface area (Å²) < 4.78 is 5.51. The fourth-order valence-corrected chi connectivity index (χ4v) is 3.54. The van der Waals surface area contributed by atoms with Gasteiger partial charge in [0.05, 0.1) is 12.1 Å². The molecule has 2 heterocycles. The number of rotatable bonds is 4. The topological polar surface area (TPSA) is 71.6 Å². The summed E-state index contributed by atoms with van der Waals surface area (Å²) in [5.74, 6) is 1.20. The Morgan fingerprint density at radius 3 is 2.60 bits per heavy atom. The maximum absolute atomic E-state index is 10.8. The average Bonchev–Trinajstić information content (AvgIpc) is 3.12. The lowest BCUT2D eigenvalue weighted by atomic mass is 9.94. The van der Waals surface area contributed by atoms with E-state index in [1.165, 1.54) is 31.7 Å². The zero-order valence-corrected chi connectivity index (χ0v) is 11.6. The molecule has 0 radical (unpaired) electrons. The maximum atomic E-state index is 10.8. The van der Waals surface area contributed by atoms with Crippen LogP contribution in [-0.4, -0.2) is 36.0 Å². The largest absolute Gasteiger partial charge is 0.433 e. The van der Waals surface area contributed by atoms with Crippen LogP contribution in [0.2, 0.25) is 0 Å². The number of nitrogens with one attached hydrogen (secondary N) is 1. The van der Waals surface area contributed by atoms with Gasteiger partial charge in [-0.3, -0.25) is 15.0 Å². The molecule has 2 aliphatic rings. The summed E-state index contributed by atoms with van der Waals surface area (Å²) in [5, 5.41) is 14.2. The highest BCUT2D eigenvalue weighted by atomic mass is 16.6. The lowest BCUT2D eigenvalue weighted by Gasteiger charge is -2.37. The standard InChI is InChI=1S/C14H21N3O3/c18-17(19)13-6-5-12(20-13)14(11-3-1-2-4-11)16-9-7-15-8-10-16/h5-6,11,14-15H,1-4,7-10H2/t14-/m0/s1. The third-order valence-electron chi connectivity index (χ3n) is 4.48. The summed E-state index contributed by atoms with van der Waals surface area (Å²) in [5.41, 5.74) is 0. The van der Waals surface area contributed by atoms with Gasteiger partial charge in [0, 0.05) is 26.2 Å². The Morgan fingerprint density at radius 1 is 1.30 bits per heavy atom. The van der Waals surface area contributed by atoms with Crippen molar-refractivity contribution in [1.82, 2.24) is 10.2 Å². The van der Waals surface area contributed by atoms with Crippen molar-refractivity contribution in [2.24, 2.45) is 5.92 Å². The van der Waals surface area contributed by atoms with Gasteiger partial charge in [-0.05, 0) is 24.8 Å². The summed E-state index contributed by atoms with van der Waals surface area (Å²) >= 11 is 0. The highest BCUT2D eigenvalue weighted by Crippen LogP contribution is 2.40. The van der Waals surface area contributed by atoms with Crippen molar-refractivity contribution in [3.8, 4) is 0 Å². The second-order valence-corrected chi connectivity index (χ2v) is 5.71. The van der Waals surface area contributed by atoms with Crippen LogP contribution in [-0.2, 0) is 0 Å². The molecule has 0 unspecified atom stereocenters. The second kappa shape index (κ2) is 5.93. The molecule has 0 aromatic carbocycles. The molecule has 1 aliphatic heterocycles. The summed E-state index contributed by atoms with van der Waals surface area (Å²) in [6.45, 7) is 3.92. The molecule has 110 valence electrons. The van der Waals surface area contributed by atoms with Crippen molar-refractivity contribution in [3.05, 3.63) is 28.0 Å². The molecular formula is C14H21N3O3. The predicted octanol–water partition coefficient (Wildman–Crippen LogP) is 2.32. The Kier molecular flexibility index (Phi) is 4.03. The molecule has 20 heavy (non-hydrogen) atoms. The van der Waals surface area contributed by atoms with Gasteiger partial charge >= 0.3 is 5.88 Å². The summed E-state index contributed by atoms with van der Waals surface area (Å²) in [7, 11) is 0. The van der Waals surface area contributed by atoms with E-state index in [1.54, 1.807) is 6.07 Å². The molecule has 6 nitrogen and oxygen atoms in total. The van der Waals surface area contributed by atoms with E-state index in [1.807, 2.05) is 0 Å². The zero-order chi connectivity index (χ0) is 13.9. The van der Waals surface area contributed by atoms with E-state index in [4.69, 9.17) is 4.42 Å². The minimum absolute atomic E-state index is 0.141. The van der Waals surface area contributed by atoms with Crippen molar-refractivity contribution >= 4 is 5.88 Å². The molecule has 2 fully saturated rings. The van der Waals surface area contributed by atoms with E-state index in [2.05, 4.69) is 10.2 Å². The van der Waals surface area contributed by atoms with Gasteiger partial charge in [-0.1, -0.05) is 12.8 Å². The first-order valence-electron chi connectivity index (χ1n) is 7.44. The van der Waals surface area contributed by atoms with Crippen LogP contribution in [0.15, 0.2) is 16.5 Å². The van der Waals surface area contributed by atoms with Crippen LogP contribution >= 0.6 is 0 Å². The number of piperazine rings is 1. The smallest absolute Gasteiger partial charge is 0.404 e. The lowest BCUT2D eigenvalue weighted by Crippen LogP contribution is -2.46. The van der Waals surface area contributed by atoms with Gasteiger partial charge in [-0.15, -0.1) is 0 Å². The van der Waals surface area contributed by atoms with Crippen LogP contribution in [0, 0.1) is 16.0 Å². The van der Waals surface area contributed by atoms with Gasteiger partial charge in [0.2, 0.25) is 0 Å². The number of hydrogen-bond acceptors (Lipinski definition) is 5. The first-order valence-corrected chi connectivity index (χ1v) is 7.44. The SMILES string of the molecule is O=[N+]([O-])c1ccc([C@H](C2CCCC2)N2CCNCC2)o1. The quantitative estimate of drug-likeness (QED) is 0.676. The molecule has 0 bridgehead atoms. The summed E-state index contributed by atoms with van der Waals surface area (Å²) in [6.07, 6.45) is 4.91. The van der Waals surface area contributed by atoms with E-state index in [9.17, 15) is 10.1 Å². The van der Waals surface area contributed by atoms with Gasteiger partial charge in [0.15, 0.2) is 0 Å². The van der Waals surface area contributed by atoms with Crippen molar-refractivity contribution < 1.29 is 9.34 Å². The molecule has 1 aromatic rings. The summed E-state index contributed by atoms with van der Waals surface area (Å²) in [6, 6.07) is 3.48.